The molecular weight excluding hydrogens is 254 g/mol. The van der Waals surface area contributed by atoms with E-state index in [2.05, 4.69) is 28.5 Å². The molecule has 0 unspecified atom stereocenters. The molecule has 1 aliphatic carbocycles. The van der Waals surface area contributed by atoms with E-state index in [0.29, 0.717) is 0 Å². The highest BCUT2D eigenvalue weighted by Crippen LogP contribution is 2.31. The number of nitrogens with one attached hydrogen (secondary N) is 2. The Morgan fingerprint density at radius 2 is 2.05 bits per heavy atom. The first kappa shape index (κ1) is 13.0. The molecule has 1 aromatic rings. The van der Waals surface area contributed by atoms with Gasteiger partial charge in [-0.05, 0) is 37.8 Å². The van der Waals surface area contributed by atoms with Gasteiger partial charge in [0.1, 0.15) is 0 Å². The fraction of sp³-hybridized carbons (Fsp3) is 0.467. The van der Waals surface area contributed by atoms with Gasteiger partial charge in [-0.2, -0.15) is 0 Å². The number of benzene rings is 1. The fourth-order valence-electron chi connectivity index (χ4n) is 2.64. The van der Waals surface area contributed by atoms with Crippen LogP contribution in [0, 0.1) is 0 Å². The Balaban J connectivity index is 1.59. The normalized spacial score (nSPS) is 20.4. The number of amides is 3. The van der Waals surface area contributed by atoms with E-state index in [1.165, 1.54) is 5.56 Å². The number of hydrogen-bond acceptors (Lipinski definition) is 3. The Bertz CT molecular complexity index is 540. The zero-order valence-electron chi connectivity index (χ0n) is 11.6. The Kier molecular flexibility index (Phi) is 3.34. The summed E-state index contributed by atoms with van der Waals surface area (Å²) >= 11 is 0. The Hall–Kier alpha value is -2.04. The summed E-state index contributed by atoms with van der Waals surface area (Å²) in [5, 5.41) is 5.15. The molecule has 5 nitrogen and oxygen atoms in total. The molecular formula is C15H19N3O2. The average Bonchev–Trinajstić information content (AvgIpc) is 3.15. The van der Waals surface area contributed by atoms with Crippen molar-refractivity contribution >= 4 is 17.6 Å². The maximum Gasteiger partial charge on any atom is 0.321 e. The maximum atomic E-state index is 12.0. The minimum Gasteiger partial charge on any atom is -0.359 e. The molecule has 2 aliphatic rings. The van der Waals surface area contributed by atoms with Crippen LogP contribution >= 0.6 is 0 Å². The SMILES string of the molecule is C[C@@H]1Cc2ccccc2N1CC(=O)NC(=O)NC1CC1. The predicted octanol–water partition coefficient (Wildman–Crippen LogP) is 1.43. The van der Waals surface area contributed by atoms with Crippen LogP contribution in [0.3, 0.4) is 0 Å². The van der Waals surface area contributed by atoms with E-state index in [4.69, 9.17) is 0 Å². The van der Waals surface area contributed by atoms with Crippen LogP contribution in [0.5, 0.6) is 0 Å². The van der Waals surface area contributed by atoms with Crippen molar-refractivity contribution in [3.8, 4) is 0 Å². The minimum absolute atomic E-state index is 0.219. The third kappa shape index (κ3) is 2.76. The molecule has 20 heavy (non-hydrogen) atoms. The van der Waals surface area contributed by atoms with Gasteiger partial charge in [0.25, 0.3) is 0 Å². The molecule has 2 N–H and O–H groups in total. The molecule has 0 bridgehead atoms. The van der Waals surface area contributed by atoms with E-state index in [1.54, 1.807) is 0 Å². The summed E-state index contributed by atoms with van der Waals surface area (Å²) < 4.78 is 0. The van der Waals surface area contributed by atoms with E-state index in [-0.39, 0.29) is 30.6 Å². The summed E-state index contributed by atoms with van der Waals surface area (Å²) in [5.41, 5.74) is 2.35. The zero-order valence-corrected chi connectivity index (χ0v) is 11.6. The predicted molar refractivity (Wildman–Crippen MR) is 76.7 cm³/mol. The van der Waals surface area contributed by atoms with Crippen molar-refractivity contribution in [3.05, 3.63) is 29.8 Å². The minimum atomic E-state index is -0.377. The summed E-state index contributed by atoms with van der Waals surface area (Å²) in [4.78, 5) is 25.5. The lowest BCUT2D eigenvalue weighted by molar-refractivity contribution is -0.118. The number of fused-ring (bicyclic) bond motifs is 1. The second kappa shape index (κ2) is 5.15. The van der Waals surface area contributed by atoms with Crippen LogP contribution in [0.4, 0.5) is 10.5 Å². The van der Waals surface area contributed by atoms with Crippen molar-refractivity contribution in [2.45, 2.75) is 38.3 Å². The maximum absolute atomic E-state index is 12.0. The van der Waals surface area contributed by atoms with Crippen molar-refractivity contribution < 1.29 is 9.59 Å². The molecule has 0 radical (unpaired) electrons. The van der Waals surface area contributed by atoms with E-state index in [0.717, 1.165) is 24.9 Å². The molecule has 106 valence electrons. The smallest absolute Gasteiger partial charge is 0.321 e. The molecule has 1 saturated carbocycles. The molecule has 0 spiro atoms. The van der Waals surface area contributed by atoms with Gasteiger partial charge >= 0.3 is 6.03 Å². The van der Waals surface area contributed by atoms with Gasteiger partial charge in [0, 0.05) is 17.8 Å². The number of para-hydroxylation sites is 1. The van der Waals surface area contributed by atoms with Crippen LogP contribution in [-0.4, -0.2) is 30.6 Å². The highest BCUT2D eigenvalue weighted by Gasteiger charge is 2.28. The molecule has 3 amide bonds. The number of urea groups is 1. The van der Waals surface area contributed by atoms with Crippen molar-refractivity contribution in [2.75, 3.05) is 11.4 Å². The highest BCUT2D eigenvalue weighted by atomic mass is 16.2. The van der Waals surface area contributed by atoms with E-state index in [1.807, 2.05) is 18.2 Å². The lowest BCUT2D eigenvalue weighted by Crippen LogP contribution is -2.46. The molecule has 1 aliphatic heterocycles. The molecule has 5 heteroatoms. The van der Waals surface area contributed by atoms with Crippen LogP contribution < -0.4 is 15.5 Å². The number of imide groups is 1. The lowest BCUT2D eigenvalue weighted by atomic mass is 10.1. The topological polar surface area (TPSA) is 61.4 Å². The van der Waals surface area contributed by atoms with Gasteiger partial charge in [-0.15, -0.1) is 0 Å². The van der Waals surface area contributed by atoms with Crippen LogP contribution in [-0.2, 0) is 11.2 Å². The third-order valence-electron chi connectivity index (χ3n) is 3.83. The standard InChI is InChI=1S/C15H19N3O2/c1-10-8-11-4-2-3-5-13(11)18(10)9-14(19)17-15(20)16-12-6-7-12/h2-5,10,12H,6-9H2,1H3,(H2,16,17,19,20)/t10-/m1/s1. The average molecular weight is 273 g/mol. The van der Waals surface area contributed by atoms with Crippen LogP contribution in [0.25, 0.3) is 0 Å². The Morgan fingerprint density at radius 3 is 2.80 bits per heavy atom. The van der Waals surface area contributed by atoms with Gasteiger partial charge in [0.05, 0.1) is 6.54 Å². The molecule has 0 aromatic heterocycles. The summed E-state index contributed by atoms with van der Waals surface area (Å²) in [6.07, 6.45) is 2.97. The zero-order chi connectivity index (χ0) is 14.1. The Morgan fingerprint density at radius 1 is 1.30 bits per heavy atom. The number of anilines is 1. The molecule has 1 fully saturated rings. The van der Waals surface area contributed by atoms with E-state index >= 15 is 0 Å². The summed E-state index contributed by atoms with van der Waals surface area (Å²) in [6, 6.07) is 8.26. The monoisotopic (exact) mass is 273 g/mol. The van der Waals surface area contributed by atoms with Gasteiger partial charge in [-0.1, -0.05) is 18.2 Å². The van der Waals surface area contributed by atoms with Gasteiger partial charge < -0.3 is 10.2 Å². The van der Waals surface area contributed by atoms with Crippen LogP contribution in [0.2, 0.25) is 0 Å². The van der Waals surface area contributed by atoms with Crippen molar-refractivity contribution in [1.29, 1.82) is 0 Å². The van der Waals surface area contributed by atoms with Gasteiger partial charge in [0.2, 0.25) is 5.91 Å². The molecule has 1 heterocycles. The quantitative estimate of drug-likeness (QED) is 0.875. The largest absolute Gasteiger partial charge is 0.359 e. The first-order valence-corrected chi connectivity index (χ1v) is 7.08. The number of nitrogens with zero attached hydrogens (tertiary/aromatic N) is 1. The van der Waals surface area contributed by atoms with Gasteiger partial charge in [-0.25, -0.2) is 4.79 Å². The Labute approximate surface area is 118 Å². The van der Waals surface area contributed by atoms with Crippen molar-refractivity contribution in [1.82, 2.24) is 10.6 Å². The number of rotatable bonds is 3. The summed E-state index contributed by atoms with van der Waals surface area (Å²) in [7, 11) is 0. The first-order valence-electron chi connectivity index (χ1n) is 7.08. The second-order valence-corrected chi connectivity index (χ2v) is 5.61. The number of carbonyl (C=O) groups excluding carboxylic acids is 2. The van der Waals surface area contributed by atoms with Crippen LogP contribution in [0.15, 0.2) is 24.3 Å². The van der Waals surface area contributed by atoms with E-state index in [9.17, 15) is 9.59 Å². The number of carbonyl (C=O) groups is 2. The lowest BCUT2D eigenvalue weighted by Gasteiger charge is -2.23. The second-order valence-electron chi connectivity index (χ2n) is 5.61. The molecule has 1 atom stereocenters. The highest BCUT2D eigenvalue weighted by molar-refractivity contribution is 5.96. The summed E-state index contributed by atoms with van der Waals surface area (Å²) in [6.45, 7) is 2.31. The number of hydrogen-bond donors (Lipinski definition) is 2. The molecule has 3 rings (SSSR count). The fourth-order valence-corrected chi connectivity index (χ4v) is 2.64. The first-order chi connectivity index (χ1) is 9.63. The molecule has 1 aromatic carbocycles. The van der Waals surface area contributed by atoms with Crippen molar-refractivity contribution in [2.24, 2.45) is 0 Å². The summed E-state index contributed by atoms with van der Waals surface area (Å²) in [5.74, 6) is -0.258. The van der Waals surface area contributed by atoms with Crippen molar-refractivity contribution in [3.63, 3.8) is 0 Å². The van der Waals surface area contributed by atoms with E-state index < -0.39 is 0 Å². The van der Waals surface area contributed by atoms with Gasteiger partial charge in [-0.3, -0.25) is 10.1 Å². The molecule has 0 saturated heterocycles. The van der Waals surface area contributed by atoms with Crippen LogP contribution in [0.1, 0.15) is 25.3 Å². The third-order valence-corrected chi connectivity index (χ3v) is 3.83. The van der Waals surface area contributed by atoms with Gasteiger partial charge in [0.15, 0.2) is 0 Å².